The van der Waals surface area contributed by atoms with Crippen LogP contribution in [0, 0.1) is 0 Å². The van der Waals surface area contributed by atoms with Crippen molar-refractivity contribution < 1.29 is 4.79 Å². The van der Waals surface area contributed by atoms with Gasteiger partial charge in [0.2, 0.25) is 5.13 Å². The normalized spacial score (nSPS) is 17.6. The van der Waals surface area contributed by atoms with Crippen LogP contribution in [0.5, 0.6) is 0 Å². The number of carbonyl (C=O) groups excluding carboxylic acids is 1. The highest BCUT2D eigenvalue weighted by Crippen LogP contribution is 2.37. The SMILES string of the molecule is O=C1/C(=C/c2ccccc2)S/C(=N/c2nccs2)N1c1ccccc1. The molecule has 6 heteroatoms. The van der Waals surface area contributed by atoms with E-state index in [1.807, 2.05) is 72.1 Å². The second kappa shape index (κ2) is 7.04. The molecule has 1 aromatic heterocycles. The molecule has 3 aromatic rings. The molecular weight excluding hydrogens is 350 g/mol. The van der Waals surface area contributed by atoms with Crippen molar-refractivity contribution >= 4 is 51.1 Å². The zero-order valence-electron chi connectivity index (χ0n) is 13.1. The van der Waals surface area contributed by atoms with E-state index in [2.05, 4.69) is 9.98 Å². The summed E-state index contributed by atoms with van der Waals surface area (Å²) in [5, 5.41) is 3.12. The summed E-state index contributed by atoms with van der Waals surface area (Å²) in [7, 11) is 0. The van der Waals surface area contributed by atoms with Gasteiger partial charge in [-0.3, -0.25) is 9.69 Å². The summed E-state index contributed by atoms with van der Waals surface area (Å²) in [6.07, 6.45) is 3.60. The molecule has 4 rings (SSSR count). The number of aliphatic imine (C=N–C) groups is 1. The fraction of sp³-hybridized carbons (Fsp3) is 0. The molecule has 2 aromatic carbocycles. The molecule has 1 saturated heterocycles. The van der Waals surface area contributed by atoms with Crippen LogP contribution in [0.4, 0.5) is 10.8 Å². The Kier molecular flexibility index (Phi) is 4.45. The van der Waals surface area contributed by atoms with Gasteiger partial charge in [-0.15, -0.1) is 11.3 Å². The topological polar surface area (TPSA) is 45.6 Å². The number of aromatic nitrogens is 1. The number of amidine groups is 1. The molecule has 0 N–H and O–H groups in total. The van der Waals surface area contributed by atoms with Crippen molar-refractivity contribution in [1.82, 2.24) is 4.98 Å². The van der Waals surface area contributed by atoms with Gasteiger partial charge in [0.05, 0.1) is 10.6 Å². The molecule has 1 aliphatic heterocycles. The number of anilines is 1. The first-order valence-electron chi connectivity index (χ1n) is 7.63. The van der Waals surface area contributed by atoms with E-state index >= 15 is 0 Å². The van der Waals surface area contributed by atoms with Crippen LogP contribution < -0.4 is 4.90 Å². The number of rotatable bonds is 3. The van der Waals surface area contributed by atoms with Gasteiger partial charge in [-0.1, -0.05) is 48.5 Å². The largest absolute Gasteiger partial charge is 0.271 e. The second-order valence-electron chi connectivity index (χ2n) is 5.21. The Balaban J connectivity index is 1.77. The van der Waals surface area contributed by atoms with Crippen LogP contribution in [-0.4, -0.2) is 16.1 Å². The second-order valence-corrected chi connectivity index (χ2v) is 7.09. The van der Waals surface area contributed by atoms with Crippen molar-refractivity contribution in [3.05, 3.63) is 82.7 Å². The summed E-state index contributed by atoms with van der Waals surface area (Å²) in [6.45, 7) is 0. The number of carbonyl (C=O) groups is 1. The monoisotopic (exact) mass is 363 g/mol. The Morgan fingerprint density at radius 2 is 1.72 bits per heavy atom. The first kappa shape index (κ1) is 15.8. The van der Waals surface area contributed by atoms with Crippen molar-refractivity contribution in [2.75, 3.05) is 4.90 Å². The average molecular weight is 363 g/mol. The number of thioether (sulfide) groups is 1. The maximum atomic E-state index is 13.0. The molecular formula is C19H13N3OS2. The van der Waals surface area contributed by atoms with E-state index in [4.69, 9.17) is 0 Å². The van der Waals surface area contributed by atoms with Crippen LogP contribution in [0.2, 0.25) is 0 Å². The van der Waals surface area contributed by atoms with Crippen LogP contribution in [-0.2, 0) is 4.79 Å². The van der Waals surface area contributed by atoms with Crippen molar-refractivity contribution in [2.24, 2.45) is 4.99 Å². The molecule has 0 bridgehead atoms. The van der Waals surface area contributed by atoms with E-state index in [9.17, 15) is 4.79 Å². The molecule has 1 amide bonds. The predicted octanol–water partition coefficient (Wildman–Crippen LogP) is 4.95. The van der Waals surface area contributed by atoms with E-state index in [0.29, 0.717) is 15.2 Å². The molecule has 4 nitrogen and oxygen atoms in total. The lowest BCUT2D eigenvalue weighted by atomic mass is 10.2. The number of hydrogen-bond acceptors (Lipinski definition) is 5. The molecule has 0 unspecified atom stereocenters. The van der Waals surface area contributed by atoms with Gasteiger partial charge in [-0.25, -0.2) is 4.98 Å². The van der Waals surface area contributed by atoms with Gasteiger partial charge < -0.3 is 0 Å². The maximum Gasteiger partial charge on any atom is 0.271 e. The van der Waals surface area contributed by atoms with Gasteiger partial charge in [0.25, 0.3) is 5.91 Å². The zero-order chi connectivity index (χ0) is 17.1. The molecule has 0 saturated carbocycles. The Morgan fingerprint density at radius 3 is 2.40 bits per heavy atom. The Hall–Kier alpha value is -2.70. The van der Waals surface area contributed by atoms with E-state index in [0.717, 1.165) is 11.3 Å². The number of benzene rings is 2. The Morgan fingerprint density at radius 1 is 1.00 bits per heavy atom. The smallest absolute Gasteiger partial charge is 0.268 e. The minimum absolute atomic E-state index is 0.0737. The highest BCUT2D eigenvalue weighted by Gasteiger charge is 2.34. The number of para-hydroxylation sites is 1. The van der Waals surface area contributed by atoms with E-state index in [-0.39, 0.29) is 5.91 Å². The van der Waals surface area contributed by atoms with Gasteiger partial charge in [-0.05, 0) is 35.5 Å². The number of thiazole rings is 1. The lowest BCUT2D eigenvalue weighted by Gasteiger charge is -2.14. The van der Waals surface area contributed by atoms with Crippen LogP contribution in [0.1, 0.15) is 5.56 Å². The highest BCUT2D eigenvalue weighted by atomic mass is 32.2. The van der Waals surface area contributed by atoms with Gasteiger partial charge in [0, 0.05) is 11.6 Å². The fourth-order valence-corrected chi connectivity index (χ4v) is 3.95. The van der Waals surface area contributed by atoms with E-state index in [1.165, 1.54) is 23.1 Å². The number of nitrogens with zero attached hydrogens (tertiary/aromatic N) is 3. The lowest BCUT2D eigenvalue weighted by molar-refractivity contribution is -0.113. The molecule has 2 heterocycles. The maximum absolute atomic E-state index is 13.0. The lowest BCUT2D eigenvalue weighted by Crippen LogP contribution is -2.28. The third-order valence-corrected chi connectivity index (χ3v) is 5.16. The van der Waals surface area contributed by atoms with Crippen molar-refractivity contribution in [3.8, 4) is 0 Å². The molecule has 25 heavy (non-hydrogen) atoms. The Bertz CT molecular complexity index is 935. The summed E-state index contributed by atoms with van der Waals surface area (Å²) < 4.78 is 0. The Labute approximate surface area is 153 Å². The number of hydrogen-bond donors (Lipinski definition) is 0. The molecule has 0 atom stereocenters. The summed E-state index contributed by atoms with van der Waals surface area (Å²) in [6, 6.07) is 19.4. The van der Waals surface area contributed by atoms with Gasteiger partial charge in [0.1, 0.15) is 0 Å². The molecule has 0 radical (unpaired) electrons. The molecule has 1 fully saturated rings. The summed E-state index contributed by atoms with van der Waals surface area (Å²) >= 11 is 2.81. The highest BCUT2D eigenvalue weighted by molar-refractivity contribution is 8.19. The van der Waals surface area contributed by atoms with Gasteiger partial charge >= 0.3 is 0 Å². The van der Waals surface area contributed by atoms with Gasteiger partial charge in [-0.2, -0.15) is 4.99 Å². The van der Waals surface area contributed by atoms with Crippen LogP contribution in [0.25, 0.3) is 6.08 Å². The van der Waals surface area contributed by atoms with Crippen LogP contribution in [0.3, 0.4) is 0 Å². The number of amides is 1. The third-order valence-electron chi connectivity index (χ3n) is 3.53. The van der Waals surface area contributed by atoms with Gasteiger partial charge in [0.15, 0.2) is 5.17 Å². The molecule has 0 aliphatic carbocycles. The minimum atomic E-state index is -0.0737. The molecule has 0 spiro atoms. The first-order valence-corrected chi connectivity index (χ1v) is 9.33. The van der Waals surface area contributed by atoms with Crippen LogP contribution in [0.15, 0.2) is 82.1 Å². The molecule has 122 valence electrons. The standard InChI is InChI=1S/C19H13N3OS2/c23-17-16(13-14-7-3-1-4-8-14)25-19(21-18-20-11-12-24-18)22(17)15-9-5-2-6-10-15/h1-13H/b16-13-,21-19+. The van der Waals surface area contributed by atoms with Crippen molar-refractivity contribution in [2.45, 2.75) is 0 Å². The molecule has 1 aliphatic rings. The minimum Gasteiger partial charge on any atom is -0.268 e. The zero-order valence-corrected chi connectivity index (χ0v) is 14.7. The summed E-state index contributed by atoms with van der Waals surface area (Å²) in [4.78, 5) is 24.0. The predicted molar refractivity (Wildman–Crippen MR) is 105 cm³/mol. The third kappa shape index (κ3) is 3.40. The first-order chi connectivity index (χ1) is 12.3. The fourth-order valence-electron chi connectivity index (χ4n) is 2.41. The van der Waals surface area contributed by atoms with E-state index < -0.39 is 0 Å². The summed E-state index contributed by atoms with van der Waals surface area (Å²) in [5.74, 6) is -0.0737. The quantitative estimate of drug-likeness (QED) is 0.618. The van der Waals surface area contributed by atoms with Crippen LogP contribution >= 0.6 is 23.1 Å². The van der Waals surface area contributed by atoms with E-state index in [1.54, 1.807) is 11.1 Å². The summed E-state index contributed by atoms with van der Waals surface area (Å²) in [5.41, 5.74) is 1.79. The average Bonchev–Trinajstić information content (AvgIpc) is 3.26. The van der Waals surface area contributed by atoms with Crippen molar-refractivity contribution in [1.29, 1.82) is 0 Å². The van der Waals surface area contributed by atoms with Crippen molar-refractivity contribution in [3.63, 3.8) is 0 Å².